The number of ether oxygens (including phenoxy) is 1. The van der Waals surface area contributed by atoms with Crippen LogP contribution in [0.25, 0.3) is 11.3 Å². The number of hydrogen-bond acceptors (Lipinski definition) is 5. The Kier molecular flexibility index (Phi) is 5.79. The minimum Gasteiger partial charge on any atom is -0.496 e. The molecule has 0 unspecified atom stereocenters. The molecule has 154 valence electrons. The molecule has 4 rings (SSSR count). The molecule has 0 aliphatic carbocycles. The summed E-state index contributed by atoms with van der Waals surface area (Å²) >= 11 is 0. The second-order valence-electron chi connectivity index (χ2n) is 7.12. The van der Waals surface area contributed by atoms with Crippen molar-refractivity contribution in [1.29, 1.82) is 0 Å². The molecule has 3 aromatic rings. The molecule has 7 nitrogen and oxygen atoms in total. The summed E-state index contributed by atoms with van der Waals surface area (Å²) < 4.78 is 6.62. The molecule has 1 aromatic heterocycles. The smallest absolute Gasteiger partial charge is 0.267 e. The van der Waals surface area contributed by atoms with E-state index in [4.69, 9.17) is 4.74 Å². The number of methoxy groups -OCH3 is 1. The van der Waals surface area contributed by atoms with Crippen molar-refractivity contribution in [2.45, 2.75) is 6.54 Å². The Morgan fingerprint density at radius 3 is 2.37 bits per heavy atom. The van der Waals surface area contributed by atoms with Crippen LogP contribution in [0.1, 0.15) is 0 Å². The molecular formula is C23H24N4O3. The summed E-state index contributed by atoms with van der Waals surface area (Å²) in [4.78, 5) is 29.2. The maximum Gasteiger partial charge on any atom is 0.267 e. The molecular weight excluding hydrogens is 380 g/mol. The quantitative estimate of drug-likeness (QED) is 0.653. The van der Waals surface area contributed by atoms with E-state index in [1.807, 2.05) is 42.5 Å². The second-order valence-corrected chi connectivity index (χ2v) is 7.12. The summed E-state index contributed by atoms with van der Waals surface area (Å²) in [7, 11) is 1.59. The Hall–Kier alpha value is -3.61. The third kappa shape index (κ3) is 4.20. The van der Waals surface area contributed by atoms with Crippen molar-refractivity contribution in [1.82, 2.24) is 14.7 Å². The zero-order valence-electron chi connectivity index (χ0n) is 16.9. The van der Waals surface area contributed by atoms with E-state index in [2.05, 4.69) is 22.1 Å². The van der Waals surface area contributed by atoms with E-state index in [1.54, 1.807) is 18.1 Å². The van der Waals surface area contributed by atoms with Crippen molar-refractivity contribution in [3.05, 3.63) is 77.1 Å². The van der Waals surface area contributed by atoms with Crippen LogP contribution in [0.2, 0.25) is 0 Å². The van der Waals surface area contributed by atoms with Gasteiger partial charge in [-0.15, -0.1) is 0 Å². The van der Waals surface area contributed by atoms with Crippen molar-refractivity contribution in [3.63, 3.8) is 0 Å². The molecule has 1 saturated heterocycles. The lowest BCUT2D eigenvalue weighted by molar-refractivity contribution is -0.132. The molecule has 30 heavy (non-hydrogen) atoms. The topological polar surface area (TPSA) is 67.7 Å². The number of carbonyl (C=O) groups excluding carboxylic acids is 1. The van der Waals surface area contributed by atoms with Gasteiger partial charge in [-0.05, 0) is 30.3 Å². The molecule has 1 fully saturated rings. The number of benzene rings is 2. The van der Waals surface area contributed by atoms with E-state index >= 15 is 0 Å². The first-order chi connectivity index (χ1) is 14.7. The van der Waals surface area contributed by atoms with Crippen molar-refractivity contribution >= 4 is 11.6 Å². The van der Waals surface area contributed by atoms with Gasteiger partial charge in [0.25, 0.3) is 5.56 Å². The van der Waals surface area contributed by atoms with Crippen LogP contribution in [0.15, 0.2) is 71.5 Å². The number of piperazine rings is 1. The average molecular weight is 404 g/mol. The summed E-state index contributed by atoms with van der Waals surface area (Å²) in [6.45, 7) is 2.69. The molecule has 0 spiro atoms. The Balaban J connectivity index is 1.45. The number of rotatable bonds is 5. The van der Waals surface area contributed by atoms with Gasteiger partial charge in [-0.1, -0.05) is 30.3 Å². The summed E-state index contributed by atoms with van der Waals surface area (Å²) in [5.74, 6) is 0.563. The molecule has 0 bridgehead atoms. The molecule has 2 heterocycles. The molecule has 2 aromatic carbocycles. The fourth-order valence-corrected chi connectivity index (χ4v) is 3.64. The van der Waals surface area contributed by atoms with Crippen molar-refractivity contribution in [3.8, 4) is 17.0 Å². The normalized spacial score (nSPS) is 13.9. The monoisotopic (exact) mass is 404 g/mol. The zero-order chi connectivity index (χ0) is 20.9. The van der Waals surface area contributed by atoms with Crippen LogP contribution >= 0.6 is 0 Å². The number of nitrogens with zero attached hydrogens (tertiary/aromatic N) is 4. The first-order valence-corrected chi connectivity index (χ1v) is 9.95. The van der Waals surface area contributed by atoms with Gasteiger partial charge in [-0.25, -0.2) is 4.68 Å². The van der Waals surface area contributed by atoms with Gasteiger partial charge >= 0.3 is 0 Å². The molecule has 1 amide bonds. The number of amides is 1. The SMILES string of the molecule is COc1ccccc1-c1ccc(=O)n(CC(=O)N2CCN(c3ccccc3)CC2)n1. The van der Waals surface area contributed by atoms with E-state index in [-0.39, 0.29) is 18.0 Å². The van der Waals surface area contributed by atoms with Crippen LogP contribution in [-0.2, 0) is 11.3 Å². The molecule has 0 radical (unpaired) electrons. The van der Waals surface area contributed by atoms with Crippen molar-refractivity contribution in [2.75, 3.05) is 38.2 Å². The minimum absolute atomic E-state index is 0.0762. The van der Waals surface area contributed by atoms with Crippen LogP contribution in [0.5, 0.6) is 5.75 Å². The summed E-state index contributed by atoms with van der Waals surface area (Å²) in [6.07, 6.45) is 0. The Bertz CT molecular complexity index is 1070. The Labute approximate surface area is 175 Å². The fourth-order valence-electron chi connectivity index (χ4n) is 3.64. The number of para-hydroxylation sites is 2. The third-order valence-corrected chi connectivity index (χ3v) is 5.29. The van der Waals surface area contributed by atoms with Gasteiger partial charge in [0.05, 0.1) is 12.8 Å². The number of anilines is 1. The van der Waals surface area contributed by atoms with E-state index in [0.717, 1.165) is 24.3 Å². The number of carbonyl (C=O) groups is 1. The second kappa shape index (κ2) is 8.82. The van der Waals surface area contributed by atoms with E-state index < -0.39 is 0 Å². The van der Waals surface area contributed by atoms with E-state index in [9.17, 15) is 9.59 Å². The van der Waals surface area contributed by atoms with Gasteiger partial charge in [-0.2, -0.15) is 5.10 Å². The van der Waals surface area contributed by atoms with Crippen LogP contribution in [0, 0.1) is 0 Å². The van der Waals surface area contributed by atoms with E-state index in [0.29, 0.717) is 24.5 Å². The highest BCUT2D eigenvalue weighted by Crippen LogP contribution is 2.27. The Morgan fingerprint density at radius 2 is 1.63 bits per heavy atom. The predicted molar refractivity (Wildman–Crippen MR) is 116 cm³/mol. The summed E-state index contributed by atoms with van der Waals surface area (Å²) in [5, 5.41) is 4.41. The third-order valence-electron chi connectivity index (χ3n) is 5.29. The van der Waals surface area contributed by atoms with Crippen LogP contribution < -0.4 is 15.2 Å². The molecule has 0 saturated carbocycles. The molecule has 7 heteroatoms. The van der Waals surface area contributed by atoms with Crippen LogP contribution in [-0.4, -0.2) is 53.9 Å². The van der Waals surface area contributed by atoms with Gasteiger partial charge < -0.3 is 14.5 Å². The molecule has 1 aliphatic rings. The lowest BCUT2D eigenvalue weighted by Crippen LogP contribution is -2.50. The van der Waals surface area contributed by atoms with Crippen LogP contribution in [0.3, 0.4) is 0 Å². The fraction of sp³-hybridized carbons (Fsp3) is 0.261. The van der Waals surface area contributed by atoms with Gasteiger partial charge in [-0.3, -0.25) is 9.59 Å². The Morgan fingerprint density at radius 1 is 0.933 bits per heavy atom. The average Bonchev–Trinajstić information content (AvgIpc) is 2.81. The highest BCUT2D eigenvalue weighted by Gasteiger charge is 2.22. The number of hydrogen-bond donors (Lipinski definition) is 0. The predicted octanol–water partition coefficient (Wildman–Crippen LogP) is 2.27. The highest BCUT2D eigenvalue weighted by molar-refractivity contribution is 5.76. The highest BCUT2D eigenvalue weighted by atomic mass is 16.5. The molecule has 0 atom stereocenters. The standard InChI is InChI=1S/C23H24N4O3/c1-30-21-10-6-5-9-19(21)20-11-12-22(28)27(24-20)17-23(29)26-15-13-25(14-16-26)18-7-3-2-4-8-18/h2-12H,13-17H2,1H3. The van der Waals surface area contributed by atoms with Crippen LogP contribution in [0.4, 0.5) is 5.69 Å². The maximum atomic E-state index is 12.8. The van der Waals surface area contributed by atoms with Gasteiger partial charge in [0.2, 0.25) is 5.91 Å². The number of aromatic nitrogens is 2. The first-order valence-electron chi connectivity index (χ1n) is 9.95. The largest absolute Gasteiger partial charge is 0.496 e. The lowest BCUT2D eigenvalue weighted by atomic mass is 10.1. The van der Waals surface area contributed by atoms with Gasteiger partial charge in [0, 0.05) is 43.5 Å². The zero-order valence-corrected chi connectivity index (χ0v) is 16.9. The maximum absolute atomic E-state index is 12.8. The summed E-state index contributed by atoms with van der Waals surface area (Å²) in [5.41, 5.74) is 2.23. The van der Waals surface area contributed by atoms with E-state index in [1.165, 1.54) is 10.7 Å². The van der Waals surface area contributed by atoms with Crippen molar-refractivity contribution < 1.29 is 9.53 Å². The van der Waals surface area contributed by atoms with Gasteiger partial charge in [0.1, 0.15) is 12.3 Å². The van der Waals surface area contributed by atoms with Crippen molar-refractivity contribution in [2.24, 2.45) is 0 Å². The summed E-state index contributed by atoms with van der Waals surface area (Å²) in [6, 6.07) is 20.7. The van der Waals surface area contributed by atoms with Gasteiger partial charge in [0.15, 0.2) is 0 Å². The minimum atomic E-state index is -0.301. The molecule has 0 N–H and O–H groups in total. The lowest BCUT2D eigenvalue weighted by Gasteiger charge is -2.36. The first kappa shape index (κ1) is 19.7. The molecule has 1 aliphatic heterocycles.